The number of hydrogen-bond acceptors (Lipinski definition) is 6. The number of benzene rings is 2. The molecule has 1 fully saturated rings. The summed E-state index contributed by atoms with van der Waals surface area (Å²) in [5.41, 5.74) is 1.52. The first kappa shape index (κ1) is 21.9. The summed E-state index contributed by atoms with van der Waals surface area (Å²) in [5.74, 6) is -0.953. The van der Waals surface area contributed by atoms with Crippen LogP contribution in [-0.2, 0) is 16.1 Å². The number of aromatic carboxylic acids is 1. The summed E-state index contributed by atoms with van der Waals surface area (Å²) >= 11 is 7.16. The van der Waals surface area contributed by atoms with Gasteiger partial charge in [-0.15, -0.1) is 0 Å². The van der Waals surface area contributed by atoms with E-state index >= 15 is 0 Å². The number of carboxylic acid groups (broad SMARTS) is 1. The van der Waals surface area contributed by atoms with Crippen molar-refractivity contribution in [2.45, 2.75) is 6.61 Å². The van der Waals surface area contributed by atoms with Crippen molar-refractivity contribution < 1.29 is 29.0 Å². The number of nitrogens with zero attached hydrogens (tertiary/aromatic N) is 1. The lowest BCUT2D eigenvalue weighted by Crippen LogP contribution is -2.31. The van der Waals surface area contributed by atoms with Gasteiger partial charge in [0.15, 0.2) is 0 Å². The Balaban J connectivity index is 1.69. The Hall–Kier alpha value is -2.81. The molecule has 30 heavy (non-hydrogen) atoms. The molecule has 0 unspecified atom stereocenters. The zero-order chi connectivity index (χ0) is 21.7. The maximum Gasteiger partial charge on any atom is 0.335 e. The summed E-state index contributed by atoms with van der Waals surface area (Å²) < 4.78 is 10.6. The molecule has 156 valence electrons. The van der Waals surface area contributed by atoms with Crippen LogP contribution in [-0.4, -0.2) is 47.4 Å². The van der Waals surface area contributed by atoms with Crippen molar-refractivity contribution in [1.82, 2.24) is 4.90 Å². The largest absolute Gasteiger partial charge is 0.487 e. The number of thioether (sulfide) groups is 1. The van der Waals surface area contributed by atoms with Crippen LogP contribution < -0.4 is 4.74 Å². The zero-order valence-electron chi connectivity index (χ0n) is 16.0. The molecule has 7 nitrogen and oxygen atoms in total. The third-order valence-electron chi connectivity index (χ3n) is 4.21. The SMILES string of the molecule is COCCN1C(=O)S/C(=C/c2ccc(OCc3cccc(C(=O)O)c3)c(Cl)c2)C1=O. The van der Waals surface area contributed by atoms with Crippen LogP contribution in [0.15, 0.2) is 47.4 Å². The quantitative estimate of drug-likeness (QED) is 0.603. The molecule has 1 aliphatic heterocycles. The molecule has 0 aliphatic carbocycles. The number of amides is 2. The number of ether oxygens (including phenoxy) is 2. The van der Waals surface area contributed by atoms with Crippen molar-refractivity contribution in [1.29, 1.82) is 0 Å². The first-order valence-corrected chi connectivity index (χ1v) is 10.1. The molecule has 0 aromatic heterocycles. The second kappa shape index (κ2) is 9.80. The van der Waals surface area contributed by atoms with Crippen molar-refractivity contribution in [3.8, 4) is 5.75 Å². The van der Waals surface area contributed by atoms with E-state index < -0.39 is 5.97 Å². The lowest BCUT2D eigenvalue weighted by molar-refractivity contribution is -0.123. The predicted molar refractivity (Wildman–Crippen MR) is 114 cm³/mol. The van der Waals surface area contributed by atoms with E-state index in [0.29, 0.717) is 26.8 Å². The molecule has 3 rings (SSSR count). The number of hydrogen-bond donors (Lipinski definition) is 1. The molecule has 2 amide bonds. The van der Waals surface area contributed by atoms with Gasteiger partial charge in [0.05, 0.1) is 28.6 Å². The highest BCUT2D eigenvalue weighted by Gasteiger charge is 2.34. The molecule has 1 heterocycles. The highest BCUT2D eigenvalue weighted by molar-refractivity contribution is 8.18. The van der Waals surface area contributed by atoms with E-state index in [1.807, 2.05) is 0 Å². The lowest BCUT2D eigenvalue weighted by atomic mass is 10.1. The van der Waals surface area contributed by atoms with Gasteiger partial charge in [-0.2, -0.15) is 0 Å². The molecule has 1 N–H and O–H groups in total. The Morgan fingerprint density at radius 3 is 2.73 bits per heavy atom. The van der Waals surface area contributed by atoms with Crippen LogP contribution in [0.2, 0.25) is 5.02 Å². The number of carbonyl (C=O) groups excluding carboxylic acids is 2. The minimum Gasteiger partial charge on any atom is -0.487 e. The van der Waals surface area contributed by atoms with Gasteiger partial charge in [-0.3, -0.25) is 14.5 Å². The third-order valence-corrected chi connectivity index (χ3v) is 5.42. The molecule has 0 atom stereocenters. The fourth-order valence-electron chi connectivity index (χ4n) is 2.71. The zero-order valence-corrected chi connectivity index (χ0v) is 17.5. The summed E-state index contributed by atoms with van der Waals surface area (Å²) in [6.45, 7) is 0.631. The van der Waals surface area contributed by atoms with E-state index in [9.17, 15) is 14.4 Å². The summed E-state index contributed by atoms with van der Waals surface area (Å²) in [7, 11) is 1.50. The molecule has 2 aromatic rings. The number of rotatable bonds is 8. The average molecular weight is 448 g/mol. The number of carbonyl (C=O) groups is 3. The van der Waals surface area contributed by atoms with Gasteiger partial charge in [0.25, 0.3) is 11.1 Å². The second-order valence-electron chi connectivity index (χ2n) is 6.31. The van der Waals surface area contributed by atoms with Gasteiger partial charge in [0, 0.05) is 7.11 Å². The van der Waals surface area contributed by atoms with E-state index in [1.54, 1.807) is 36.4 Å². The van der Waals surface area contributed by atoms with Crippen LogP contribution in [0.4, 0.5) is 4.79 Å². The molecular weight excluding hydrogens is 430 g/mol. The topological polar surface area (TPSA) is 93.1 Å². The summed E-state index contributed by atoms with van der Waals surface area (Å²) in [6.07, 6.45) is 1.60. The van der Waals surface area contributed by atoms with Gasteiger partial charge in [-0.25, -0.2) is 4.79 Å². The Morgan fingerprint density at radius 2 is 2.03 bits per heavy atom. The van der Waals surface area contributed by atoms with E-state index in [1.165, 1.54) is 19.2 Å². The van der Waals surface area contributed by atoms with Crippen molar-refractivity contribution in [2.75, 3.05) is 20.3 Å². The summed E-state index contributed by atoms with van der Waals surface area (Å²) in [4.78, 5) is 36.9. The minimum absolute atomic E-state index is 0.151. The normalized spacial score (nSPS) is 15.1. The average Bonchev–Trinajstić information content (AvgIpc) is 2.98. The van der Waals surface area contributed by atoms with E-state index in [-0.39, 0.29) is 36.5 Å². The molecule has 9 heteroatoms. The smallest absolute Gasteiger partial charge is 0.335 e. The fraction of sp³-hybridized carbons (Fsp3) is 0.190. The third kappa shape index (κ3) is 5.21. The van der Waals surface area contributed by atoms with Gasteiger partial charge in [-0.05, 0) is 53.2 Å². The van der Waals surface area contributed by atoms with Crippen molar-refractivity contribution >= 4 is 46.6 Å². The second-order valence-corrected chi connectivity index (χ2v) is 7.71. The van der Waals surface area contributed by atoms with Crippen LogP contribution in [0.25, 0.3) is 6.08 Å². The van der Waals surface area contributed by atoms with E-state index in [4.69, 9.17) is 26.2 Å². The lowest BCUT2D eigenvalue weighted by Gasteiger charge is -2.11. The molecule has 0 radical (unpaired) electrons. The van der Waals surface area contributed by atoms with Gasteiger partial charge in [0.2, 0.25) is 0 Å². The number of imide groups is 1. The summed E-state index contributed by atoms with van der Waals surface area (Å²) in [6, 6.07) is 11.5. The standard InChI is InChI=1S/C21H18ClNO6S/c1-28-8-7-23-19(24)18(30-21(23)27)11-13-5-6-17(16(22)10-13)29-12-14-3-2-4-15(9-14)20(25)26/h2-6,9-11H,7-8,12H2,1H3,(H,25,26)/b18-11+. The van der Waals surface area contributed by atoms with Crippen molar-refractivity contribution in [3.63, 3.8) is 0 Å². The molecule has 2 aromatic carbocycles. The molecule has 0 saturated carbocycles. The monoisotopic (exact) mass is 447 g/mol. The maximum atomic E-state index is 12.4. The first-order valence-electron chi connectivity index (χ1n) is 8.88. The molecule has 0 bridgehead atoms. The van der Waals surface area contributed by atoms with E-state index in [2.05, 4.69) is 0 Å². The van der Waals surface area contributed by atoms with Gasteiger partial charge in [-0.1, -0.05) is 29.8 Å². The van der Waals surface area contributed by atoms with Crippen molar-refractivity contribution in [2.24, 2.45) is 0 Å². The number of halogens is 1. The van der Waals surface area contributed by atoms with Gasteiger partial charge in [0.1, 0.15) is 12.4 Å². The molecule has 0 spiro atoms. The van der Waals surface area contributed by atoms with Gasteiger partial charge >= 0.3 is 5.97 Å². The Bertz CT molecular complexity index is 1020. The summed E-state index contributed by atoms with van der Waals surface area (Å²) in [5, 5.41) is 9.05. The van der Waals surface area contributed by atoms with Gasteiger partial charge < -0.3 is 14.6 Å². The number of methoxy groups -OCH3 is 1. The number of carboxylic acids is 1. The van der Waals surface area contributed by atoms with Crippen LogP contribution in [0, 0.1) is 0 Å². The molecule has 1 aliphatic rings. The molecule has 1 saturated heterocycles. The maximum absolute atomic E-state index is 12.4. The first-order chi connectivity index (χ1) is 14.4. The highest BCUT2D eigenvalue weighted by atomic mass is 35.5. The minimum atomic E-state index is -1.01. The highest BCUT2D eigenvalue weighted by Crippen LogP contribution is 2.33. The van der Waals surface area contributed by atoms with Crippen molar-refractivity contribution in [3.05, 3.63) is 69.1 Å². The Morgan fingerprint density at radius 1 is 1.23 bits per heavy atom. The Labute approximate surface area is 182 Å². The molecular formula is C21H18ClNO6S. The van der Waals surface area contributed by atoms with E-state index in [0.717, 1.165) is 16.7 Å². The fourth-order valence-corrected chi connectivity index (χ4v) is 3.81. The predicted octanol–water partition coefficient (Wildman–Crippen LogP) is 4.30. The van der Waals surface area contributed by atoms with Crippen LogP contribution in [0.1, 0.15) is 21.5 Å². The Kier molecular flexibility index (Phi) is 7.15. The van der Waals surface area contributed by atoms with Crippen LogP contribution >= 0.6 is 23.4 Å². The van der Waals surface area contributed by atoms with Crippen LogP contribution in [0.3, 0.4) is 0 Å². The van der Waals surface area contributed by atoms with Crippen LogP contribution in [0.5, 0.6) is 5.75 Å².